The average molecular weight is 428 g/mol. The van der Waals surface area contributed by atoms with Crippen LogP contribution in [0.3, 0.4) is 0 Å². The van der Waals surface area contributed by atoms with E-state index in [9.17, 15) is 0 Å². The number of halogens is 1. The van der Waals surface area contributed by atoms with Crippen molar-refractivity contribution in [2.24, 2.45) is 5.10 Å². The minimum absolute atomic E-state index is 0.354. The van der Waals surface area contributed by atoms with E-state index >= 15 is 0 Å². The van der Waals surface area contributed by atoms with Gasteiger partial charge in [0, 0.05) is 14.5 Å². The zero-order valence-electron chi connectivity index (χ0n) is 12.8. The summed E-state index contributed by atoms with van der Waals surface area (Å²) in [6.45, 7) is 2.05. The largest absolute Gasteiger partial charge is 0.338 e. The van der Waals surface area contributed by atoms with Crippen LogP contribution in [-0.4, -0.2) is 26.4 Å². The summed E-state index contributed by atoms with van der Waals surface area (Å²) in [4.78, 5) is 7.69. The molecule has 0 saturated carbocycles. The highest BCUT2D eigenvalue weighted by Crippen LogP contribution is 2.23. The Morgan fingerprint density at radius 2 is 2.08 bits per heavy atom. The number of anilines is 1. The van der Waals surface area contributed by atoms with Gasteiger partial charge >= 0.3 is 0 Å². The fourth-order valence-corrected chi connectivity index (χ4v) is 3.05. The van der Waals surface area contributed by atoms with Crippen molar-refractivity contribution in [1.29, 1.82) is 0 Å². The number of H-pyrrole nitrogens is 1. The molecule has 0 amide bonds. The second-order valence-corrected chi connectivity index (χ2v) is 6.68. The van der Waals surface area contributed by atoms with Gasteiger partial charge in [-0.25, -0.2) is 5.43 Å². The lowest BCUT2D eigenvalue weighted by Crippen LogP contribution is -1.99. The van der Waals surface area contributed by atoms with E-state index in [0.717, 1.165) is 25.6 Å². The third kappa shape index (κ3) is 2.94. The first-order valence-electron chi connectivity index (χ1n) is 7.36. The molecule has 0 bridgehead atoms. The lowest BCUT2D eigenvalue weighted by atomic mass is 10.2. The molecule has 2 heterocycles. The standard InChI is InChI=1S/C17H13IN6/c1-10-5-6-14-13(7-10)15-16(20-14)21-17(24-22-15)23-19-9-11-3-2-4-12(18)8-11/h2-9H,1H3,(H2,20,21,23,24). The molecule has 0 atom stereocenters. The van der Waals surface area contributed by atoms with Gasteiger partial charge in [0.05, 0.1) is 6.21 Å². The van der Waals surface area contributed by atoms with Crippen molar-refractivity contribution in [3.63, 3.8) is 0 Å². The number of aryl methyl sites for hydroxylation is 1. The summed E-state index contributed by atoms with van der Waals surface area (Å²) in [5.74, 6) is 0.354. The Morgan fingerprint density at radius 1 is 1.17 bits per heavy atom. The van der Waals surface area contributed by atoms with E-state index in [0.29, 0.717) is 11.6 Å². The number of benzene rings is 2. The Hall–Kier alpha value is -2.55. The number of fused-ring (bicyclic) bond motifs is 3. The molecule has 4 rings (SSSR count). The van der Waals surface area contributed by atoms with Crippen LogP contribution in [0.1, 0.15) is 11.1 Å². The summed E-state index contributed by atoms with van der Waals surface area (Å²) >= 11 is 2.27. The van der Waals surface area contributed by atoms with Gasteiger partial charge in [0.25, 0.3) is 5.95 Å². The fourth-order valence-electron chi connectivity index (χ4n) is 2.48. The minimum atomic E-state index is 0.354. The van der Waals surface area contributed by atoms with Gasteiger partial charge in [-0.1, -0.05) is 23.8 Å². The van der Waals surface area contributed by atoms with Crippen LogP contribution in [0.5, 0.6) is 0 Å². The number of aromatic nitrogens is 4. The molecule has 0 aliphatic rings. The van der Waals surface area contributed by atoms with Crippen molar-refractivity contribution >= 4 is 56.8 Å². The molecule has 6 nitrogen and oxygen atoms in total. The maximum Gasteiger partial charge on any atom is 0.265 e. The number of nitrogens with zero attached hydrogens (tertiary/aromatic N) is 4. The van der Waals surface area contributed by atoms with Crippen LogP contribution in [0.15, 0.2) is 47.6 Å². The van der Waals surface area contributed by atoms with Crippen molar-refractivity contribution in [3.05, 3.63) is 57.2 Å². The zero-order valence-corrected chi connectivity index (χ0v) is 14.9. The van der Waals surface area contributed by atoms with Gasteiger partial charge in [0.15, 0.2) is 5.65 Å². The number of nitrogens with one attached hydrogen (secondary N) is 2. The number of aromatic amines is 1. The van der Waals surface area contributed by atoms with Gasteiger partial charge in [-0.05, 0) is 59.3 Å². The summed E-state index contributed by atoms with van der Waals surface area (Å²) in [5, 5.41) is 13.6. The molecule has 0 spiro atoms. The van der Waals surface area contributed by atoms with E-state index < -0.39 is 0 Å². The first-order chi connectivity index (χ1) is 11.7. The van der Waals surface area contributed by atoms with Gasteiger partial charge in [-0.3, -0.25) is 0 Å². The lowest BCUT2D eigenvalue weighted by molar-refractivity contribution is 1.01. The Morgan fingerprint density at radius 3 is 2.96 bits per heavy atom. The van der Waals surface area contributed by atoms with Crippen LogP contribution in [0.2, 0.25) is 0 Å². The second-order valence-electron chi connectivity index (χ2n) is 5.43. The molecule has 2 N–H and O–H groups in total. The van der Waals surface area contributed by atoms with Crippen LogP contribution in [0.25, 0.3) is 22.1 Å². The number of hydrogen-bond donors (Lipinski definition) is 2. The number of rotatable bonds is 3. The summed E-state index contributed by atoms with van der Waals surface area (Å²) in [5.41, 5.74) is 7.46. The van der Waals surface area contributed by atoms with Crippen molar-refractivity contribution in [2.45, 2.75) is 6.92 Å². The van der Waals surface area contributed by atoms with E-state index in [1.54, 1.807) is 6.21 Å². The predicted molar refractivity (Wildman–Crippen MR) is 104 cm³/mol. The molecule has 24 heavy (non-hydrogen) atoms. The molecule has 0 saturated heterocycles. The summed E-state index contributed by atoms with van der Waals surface area (Å²) < 4.78 is 1.16. The monoisotopic (exact) mass is 428 g/mol. The van der Waals surface area contributed by atoms with Gasteiger partial charge in [0.1, 0.15) is 5.52 Å². The van der Waals surface area contributed by atoms with Gasteiger partial charge < -0.3 is 4.98 Å². The normalized spacial score (nSPS) is 11.6. The summed E-state index contributed by atoms with van der Waals surface area (Å²) in [6.07, 6.45) is 1.73. The van der Waals surface area contributed by atoms with Gasteiger partial charge in [0.2, 0.25) is 0 Å². The van der Waals surface area contributed by atoms with Gasteiger partial charge in [-0.2, -0.15) is 10.1 Å². The number of hydrazone groups is 1. The molecular formula is C17H13IN6. The summed E-state index contributed by atoms with van der Waals surface area (Å²) in [6, 6.07) is 14.2. The van der Waals surface area contributed by atoms with Crippen molar-refractivity contribution in [2.75, 3.05) is 5.43 Å². The molecule has 0 unspecified atom stereocenters. The van der Waals surface area contributed by atoms with Crippen LogP contribution < -0.4 is 5.43 Å². The Balaban J connectivity index is 1.62. The van der Waals surface area contributed by atoms with Crippen LogP contribution >= 0.6 is 22.6 Å². The molecule has 7 heteroatoms. The van der Waals surface area contributed by atoms with Crippen molar-refractivity contribution in [3.8, 4) is 0 Å². The third-order valence-corrected chi connectivity index (χ3v) is 4.27. The second kappa shape index (κ2) is 6.16. The summed E-state index contributed by atoms with van der Waals surface area (Å²) in [7, 11) is 0. The highest BCUT2D eigenvalue weighted by molar-refractivity contribution is 14.1. The first kappa shape index (κ1) is 15.0. The molecule has 0 aliphatic carbocycles. The quantitative estimate of drug-likeness (QED) is 0.295. The van der Waals surface area contributed by atoms with Crippen LogP contribution in [-0.2, 0) is 0 Å². The highest BCUT2D eigenvalue weighted by Gasteiger charge is 2.08. The van der Waals surface area contributed by atoms with Crippen LogP contribution in [0.4, 0.5) is 5.95 Å². The third-order valence-electron chi connectivity index (χ3n) is 3.60. The van der Waals surface area contributed by atoms with Crippen molar-refractivity contribution < 1.29 is 0 Å². The Bertz CT molecular complexity index is 1070. The topological polar surface area (TPSA) is 78.9 Å². The molecule has 0 aliphatic heterocycles. The van der Waals surface area contributed by atoms with E-state index in [1.165, 1.54) is 5.56 Å². The zero-order chi connectivity index (χ0) is 16.5. The SMILES string of the molecule is Cc1ccc2[nH]c3nc(NN=Cc4cccc(I)c4)nnc3c2c1. The van der Waals surface area contributed by atoms with E-state index in [4.69, 9.17) is 0 Å². The average Bonchev–Trinajstić information content (AvgIpc) is 2.92. The molecule has 118 valence electrons. The Kier molecular flexibility index (Phi) is 3.85. The molecule has 0 radical (unpaired) electrons. The fraction of sp³-hybridized carbons (Fsp3) is 0.0588. The molecule has 2 aromatic carbocycles. The van der Waals surface area contributed by atoms with Crippen LogP contribution in [0, 0.1) is 10.5 Å². The molecule has 0 fully saturated rings. The molecule has 4 aromatic rings. The maximum atomic E-state index is 4.44. The van der Waals surface area contributed by atoms with E-state index in [1.807, 2.05) is 30.3 Å². The van der Waals surface area contributed by atoms with Gasteiger partial charge in [-0.15, -0.1) is 10.2 Å². The Labute approximate surface area is 151 Å². The van der Waals surface area contributed by atoms with E-state index in [-0.39, 0.29) is 0 Å². The predicted octanol–water partition coefficient (Wildman–Crippen LogP) is 3.87. The maximum absolute atomic E-state index is 4.44. The molecular weight excluding hydrogens is 415 g/mol. The smallest absolute Gasteiger partial charge is 0.265 e. The first-order valence-corrected chi connectivity index (χ1v) is 8.44. The highest BCUT2D eigenvalue weighted by atomic mass is 127. The van der Waals surface area contributed by atoms with E-state index in [2.05, 4.69) is 72.3 Å². The molecule has 2 aromatic heterocycles. The number of hydrogen-bond acceptors (Lipinski definition) is 5. The van der Waals surface area contributed by atoms with Crippen molar-refractivity contribution in [1.82, 2.24) is 20.2 Å². The lowest BCUT2D eigenvalue weighted by Gasteiger charge is -1.98. The minimum Gasteiger partial charge on any atom is -0.338 e.